The fourth-order valence-corrected chi connectivity index (χ4v) is 1.38. The number of anilines is 1. The lowest BCUT2D eigenvalue weighted by atomic mass is 10.2. The van der Waals surface area contributed by atoms with Gasteiger partial charge in [0.2, 0.25) is 0 Å². The van der Waals surface area contributed by atoms with Crippen LogP contribution in [0.2, 0.25) is 0 Å². The number of hydrogen-bond donors (Lipinski definition) is 1. The first kappa shape index (κ1) is 15.0. The van der Waals surface area contributed by atoms with E-state index in [1.165, 1.54) is 0 Å². The summed E-state index contributed by atoms with van der Waals surface area (Å²) >= 11 is 0. The van der Waals surface area contributed by atoms with E-state index >= 15 is 0 Å². The van der Waals surface area contributed by atoms with Crippen molar-refractivity contribution in [2.24, 2.45) is 0 Å². The van der Waals surface area contributed by atoms with E-state index in [4.69, 9.17) is 4.74 Å². The number of nitrogens with zero attached hydrogens (tertiary/aromatic N) is 1. The molecular formula is C12H14F2N2O3. The molecule has 0 aromatic heterocycles. The first-order valence-electron chi connectivity index (χ1n) is 5.62. The number of nitro benzene ring substituents is 1. The van der Waals surface area contributed by atoms with Gasteiger partial charge in [-0.15, -0.1) is 6.58 Å². The largest absolute Gasteiger partial charge is 0.379 e. The van der Waals surface area contributed by atoms with Gasteiger partial charge < -0.3 is 10.1 Å². The van der Waals surface area contributed by atoms with Gasteiger partial charge in [-0.2, -0.15) is 0 Å². The van der Waals surface area contributed by atoms with Crippen LogP contribution in [0.25, 0.3) is 0 Å². The van der Waals surface area contributed by atoms with Crippen molar-refractivity contribution >= 4 is 11.4 Å². The van der Waals surface area contributed by atoms with Gasteiger partial charge >= 0.3 is 0 Å². The van der Waals surface area contributed by atoms with E-state index in [1.807, 2.05) is 0 Å². The third-order valence-electron chi connectivity index (χ3n) is 2.28. The summed E-state index contributed by atoms with van der Waals surface area (Å²) in [5.74, 6) is -2.40. The Balaban J connectivity index is 2.63. The molecule has 0 aliphatic carbocycles. The highest BCUT2D eigenvalue weighted by atomic mass is 19.2. The van der Waals surface area contributed by atoms with Gasteiger partial charge in [0.15, 0.2) is 17.3 Å². The van der Waals surface area contributed by atoms with E-state index in [0.717, 1.165) is 12.1 Å². The SMILES string of the molecule is C=CCCOCCNc1c([N+](=O)[O-])ccc(F)c1F. The lowest BCUT2D eigenvalue weighted by Crippen LogP contribution is -2.12. The van der Waals surface area contributed by atoms with Crippen LogP contribution in [0.15, 0.2) is 24.8 Å². The normalized spacial score (nSPS) is 10.2. The molecule has 1 aromatic carbocycles. The first-order valence-corrected chi connectivity index (χ1v) is 5.62. The molecule has 104 valence electrons. The van der Waals surface area contributed by atoms with Crippen LogP contribution in [0.3, 0.4) is 0 Å². The molecule has 5 nitrogen and oxygen atoms in total. The van der Waals surface area contributed by atoms with Crippen LogP contribution in [-0.4, -0.2) is 24.7 Å². The van der Waals surface area contributed by atoms with Gasteiger partial charge in [-0.25, -0.2) is 8.78 Å². The molecule has 0 aliphatic rings. The third-order valence-corrected chi connectivity index (χ3v) is 2.28. The van der Waals surface area contributed by atoms with Crippen LogP contribution in [0.5, 0.6) is 0 Å². The maximum Gasteiger partial charge on any atom is 0.295 e. The Morgan fingerprint density at radius 1 is 1.42 bits per heavy atom. The summed E-state index contributed by atoms with van der Waals surface area (Å²) in [4.78, 5) is 9.92. The summed E-state index contributed by atoms with van der Waals surface area (Å²) in [5.41, 5.74) is -0.970. The Labute approximate surface area is 109 Å². The Morgan fingerprint density at radius 3 is 2.79 bits per heavy atom. The molecule has 0 spiro atoms. The Hall–Kier alpha value is -2.02. The molecule has 0 radical (unpaired) electrons. The minimum absolute atomic E-state index is 0.137. The average Bonchev–Trinajstić information content (AvgIpc) is 2.38. The van der Waals surface area contributed by atoms with E-state index < -0.39 is 27.9 Å². The maximum absolute atomic E-state index is 13.5. The van der Waals surface area contributed by atoms with E-state index in [9.17, 15) is 18.9 Å². The minimum Gasteiger partial charge on any atom is -0.379 e. The molecule has 0 heterocycles. The number of ether oxygens (including phenoxy) is 1. The van der Waals surface area contributed by atoms with Crippen molar-refractivity contribution in [2.75, 3.05) is 25.1 Å². The van der Waals surface area contributed by atoms with Gasteiger partial charge in [0.1, 0.15) is 0 Å². The quantitative estimate of drug-likeness (QED) is 0.342. The van der Waals surface area contributed by atoms with Crippen molar-refractivity contribution in [3.63, 3.8) is 0 Å². The highest BCUT2D eigenvalue weighted by Crippen LogP contribution is 2.28. The highest BCUT2D eigenvalue weighted by molar-refractivity contribution is 5.62. The second-order valence-electron chi connectivity index (χ2n) is 3.63. The van der Waals surface area contributed by atoms with Gasteiger partial charge in [-0.1, -0.05) is 6.08 Å². The number of nitro groups is 1. The fourth-order valence-electron chi connectivity index (χ4n) is 1.38. The predicted octanol–water partition coefficient (Wildman–Crippen LogP) is 2.88. The van der Waals surface area contributed by atoms with E-state index in [0.29, 0.717) is 13.0 Å². The van der Waals surface area contributed by atoms with Crippen molar-refractivity contribution < 1.29 is 18.4 Å². The van der Waals surface area contributed by atoms with Crippen LogP contribution < -0.4 is 5.32 Å². The van der Waals surface area contributed by atoms with E-state index in [-0.39, 0.29) is 13.2 Å². The Bertz CT molecular complexity index is 467. The molecule has 7 heteroatoms. The molecule has 0 bridgehead atoms. The van der Waals surface area contributed by atoms with Gasteiger partial charge in [0.25, 0.3) is 5.69 Å². The molecular weight excluding hydrogens is 258 g/mol. The zero-order valence-electron chi connectivity index (χ0n) is 10.2. The van der Waals surface area contributed by atoms with E-state index in [1.54, 1.807) is 6.08 Å². The first-order chi connectivity index (χ1) is 9.07. The summed E-state index contributed by atoms with van der Waals surface area (Å²) in [7, 11) is 0. The molecule has 0 amide bonds. The van der Waals surface area contributed by atoms with Crippen molar-refractivity contribution in [3.05, 3.63) is 46.5 Å². The summed E-state index contributed by atoms with van der Waals surface area (Å²) < 4.78 is 31.6. The lowest BCUT2D eigenvalue weighted by Gasteiger charge is -2.08. The Kier molecular flexibility index (Phi) is 5.87. The number of hydrogen-bond acceptors (Lipinski definition) is 4. The van der Waals surface area contributed by atoms with Gasteiger partial charge in [0.05, 0.1) is 18.1 Å². The zero-order valence-corrected chi connectivity index (χ0v) is 10.2. The summed E-state index contributed by atoms with van der Waals surface area (Å²) in [5, 5.41) is 13.2. The molecule has 1 rings (SSSR count). The maximum atomic E-state index is 13.5. The van der Waals surface area contributed by atoms with Crippen LogP contribution in [-0.2, 0) is 4.74 Å². The molecule has 0 fully saturated rings. The Morgan fingerprint density at radius 2 is 2.16 bits per heavy atom. The van der Waals surface area contributed by atoms with Crippen LogP contribution >= 0.6 is 0 Å². The zero-order chi connectivity index (χ0) is 14.3. The van der Waals surface area contributed by atoms with Crippen molar-refractivity contribution in [2.45, 2.75) is 6.42 Å². The number of nitrogens with one attached hydrogen (secondary N) is 1. The van der Waals surface area contributed by atoms with Crippen molar-refractivity contribution in [1.82, 2.24) is 0 Å². The standard InChI is InChI=1S/C12H14F2N2O3/c1-2-3-7-19-8-6-15-12-10(16(17)18)5-4-9(13)11(12)14/h2,4-5,15H,1,3,6-8H2. The summed E-state index contributed by atoms with van der Waals surface area (Å²) in [6.07, 6.45) is 2.36. The third kappa shape index (κ3) is 4.29. The van der Waals surface area contributed by atoms with E-state index in [2.05, 4.69) is 11.9 Å². The highest BCUT2D eigenvalue weighted by Gasteiger charge is 2.20. The fraction of sp³-hybridized carbons (Fsp3) is 0.333. The van der Waals surface area contributed by atoms with Gasteiger partial charge in [0, 0.05) is 12.6 Å². The molecule has 0 aliphatic heterocycles. The predicted molar refractivity (Wildman–Crippen MR) is 67.1 cm³/mol. The average molecular weight is 272 g/mol. The number of rotatable bonds is 8. The smallest absolute Gasteiger partial charge is 0.295 e. The molecule has 0 unspecified atom stereocenters. The van der Waals surface area contributed by atoms with Gasteiger partial charge in [-0.3, -0.25) is 10.1 Å². The minimum atomic E-state index is -1.26. The van der Waals surface area contributed by atoms with Crippen LogP contribution in [0.1, 0.15) is 6.42 Å². The van der Waals surface area contributed by atoms with Crippen LogP contribution in [0.4, 0.5) is 20.2 Å². The summed E-state index contributed by atoms with van der Waals surface area (Å²) in [6.45, 7) is 4.33. The van der Waals surface area contributed by atoms with Crippen molar-refractivity contribution in [3.8, 4) is 0 Å². The monoisotopic (exact) mass is 272 g/mol. The second-order valence-corrected chi connectivity index (χ2v) is 3.63. The van der Waals surface area contributed by atoms with Crippen LogP contribution in [0, 0.1) is 21.7 Å². The number of benzene rings is 1. The molecule has 0 atom stereocenters. The molecule has 19 heavy (non-hydrogen) atoms. The summed E-state index contributed by atoms with van der Waals surface area (Å²) in [6, 6.07) is 1.64. The number of halogens is 2. The van der Waals surface area contributed by atoms with Crippen molar-refractivity contribution in [1.29, 1.82) is 0 Å². The van der Waals surface area contributed by atoms with Gasteiger partial charge in [-0.05, 0) is 12.5 Å². The molecule has 1 aromatic rings. The molecule has 1 N–H and O–H groups in total. The molecule has 0 saturated heterocycles. The molecule has 0 saturated carbocycles. The second kappa shape index (κ2) is 7.42. The topological polar surface area (TPSA) is 64.4 Å². The lowest BCUT2D eigenvalue weighted by molar-refractivity contribution is -0.384.